The first-order valence-electron chi connectivity index (χ1n) is 10.0. The maximum Gasteiger partial charge on any atom is 0.339 e. The monoisotopic (exact) mass is 460 g/mol. The van der Waals surface area contributed by atoms with Crippen LogP contribution in [-0.2, 0) is 23.7 Å². The normalized spacial score (nSPS) is 24.9. The van der Waals surface area contributed by atoms with Crippen molar-refractivity contribution in [1.29, 1.82) is 0 Å². The molecule has 0 bridgehead atoms. The third-order valence-electron chi connectivity index (χ3n) is 4.79. The zero-order valence-corrected chi connectivity index (χ0v) is 18.4. The van der Waals surface area contributed by atoms with Gasteiger partial charge in [0.1, 0.15) is 11.5 Å². The Balaban J connectivity index is 1.87. The first-order chi connectivity index (χ1) is 15.5. The fourth-order valence-electron chi connectivity index (χ4n) is 3.22. The Hall–Kier alpha value is -2.88. The van der Waals surface area contributed by atoms with Crippen molar-refractivity contribution in [1.82, 2.24) is 0 Å². The van der Waals surface area contributed by atoms with Crippen molar-refractivity contribution in [3.8, 4) is 0 Å². The number of thioether (sulfide) groups is 1. The number of aliphatic hydroxyl groups is 1. The van der Waals surface area contributed by atoms with Gasteiger partial charge in [-0.15, -0.1) is 11.8 Å². The van der Waals surface area contributed by atoms with Crippen LogP contribution in [0, 0.1) is 0 Å². The molecule has 9 heteroatoms. The van der Waals surface area contributed by atoms with Gasteiger partial charge in [0.25, 0.3) is 0 Å². The molecule has 0 aromatic heterocycles. The number of aliphatic hydroxyl groups excluding tert-OH is 1. The molecule has 1 saturated heterocycles. The van der Waals surface area contributed by atoms with Gasteiger partial charge in [0, 0.05) is 0 Å². The maximum atomic E-state index is 12.6. The van der Waals surface area contributed by atoms with E-state index in [9.17, 15) is 19.5 Å². The molecule has 0 radical (unpaired) electrons. The Bertz CT molecular complexity index is 920. The van der Waals surface area contributed by atoms with Crippen LogP contribution in [0.25, 0.3) is 0 Å². The smallest absolute Gasteiger partial charge is 0.339 e. The van der Waals surface area contributed by atoms with E-state index >= 15 is 0 Å². The fourth-order valence-corrected chi connectivity index (χ4v) is 4.15. The predicted octanol–water partition coefficient (Wildman–Crippen LogP) is 2.45. The largest absolute Gasteiger partial charge is 0.467 e. The zero-order chi connectivity index (χ0) is 23.1. The molecule has 0 aliphatic carbocycles. The van der Waals surface area contributed by atoms with Crippen LogP contribution in [-0.4, -0.2) is 65.7 Å². The van der Waals surface area contributed by atoms with Crippen LogP contribution < -0.4 is 0 Å². The van der Waals surface area contributed by atoms with Crippen LogP contribution in [0.15, 0.2) is 60.7 Å². The summed E-state index contributed by atoms with van der Waals surface area (Å²) in [5.74, 6) is -1.70. The minimum Gasteiger partial charge on any atom is -0.467 e. The summed E-state index contributed by atoms with van der Waals surface area (Å²) in [6.07, 6.45) is -5.56. The van der Waals surface area contributed by atoms with Gasteiger partial charge in [0.15, 0.2) is 18.3 Å². The molecular weight excluding hydrogens is 436 g/mol. The lowest BCUT2D eigenvalue weighted by Gasteiger charge is -2.42. The van der Waals surface area contributed by atoms with Gasteiger partial charge in [-0.05, 0) is 30.0 Å². The van der Waals surface area contributed by atoms with Crippen molar-refractivity contribution in [2.24, 2.45) is 0 Å². The number of esters is 3. The number of ether oxygens (including phenoxy) is 4. The second-order valence-corrected chi connectivity index (χ2v) is 8.24. The van der Waals surface area contributed by atoms with E-state index in [1.54, 1.807) is 48.5 Å². The first kappa shape index (κ1) is 23.8. The van der Waals surface area contributed by atoms with Crippen molar-refractivity contribution < 1.29 is 38.4 Å². The molecule has 170 valence electrons. The molecule has 8 nitrogen and oxygen atoms in total. The summed E-state index contributed by atoms with van der Waals surface area (Å²) in [6.45, 7) is 1.85. The number of carbonyl (C=O) groups excluding carboxylic acids is 3. The van der Waals surface area contributed by atoms with E-state index in [4.69, 9.17) is 18.9 Å². The molecule has 0 saturated carbocycles. The van der Waals surface area contributed by atoms with E-state index in [0.717, 1.165) is 7.11 Å². The molecular formula is C23H24O8S. The van der Waals surface area contributed by atoms with Gasteiger partial charge in [-0.25, -0.2) is 14.4 Å². The van der Waals surface area contributed by atoms with E-state index in [1.165, 1.54) is 23.9 Å². The number of rotatable bonds is 7. The summed E-state index contributed by atoms with van der Waals surface area (Å²) in [7, 11) is 1.16. The first-order valence-corrected chi connectivity index (χ1v) is 11.1. The van der Waals surface area contributed by atoms with Crippen LogP contribution in [0.5, 0.6) is 0 Å². The lowest BCUT2D eigenvalue weighted by Crippen LogP contribution is -2.61. The Morgan fingerprint density at radius 2 is 1.41 bits per heavy atom. The highest BCUT2D eigenvalue weighted by Crippen LogP contribution is 2.33. The SMILES string of the molecule is CCS[C@@H]1O[C@H](C(=O)OC)[C@@H](OC(=O)c2ccccc2)[C@H](O)[C@H]1OC(=O)c1ccccc1. The molecule has 1 N–H and O–H groups in total. The summed E-state index contributed by atoms with van der Waals surface area (Å²) in [5.41, 5.74) is -0.363. The number of hydrogen-bond acceptors (Lipinski definition) is 9. The van der Waals surface area contributed by atoms with Crippen molar-refractivity contribution in [3.05, 3.63) is 71.8 Å². The van der Waals surface area contributed by atoms with Gasteiger partial charge >= 0.3 is 17.9 Å². The molecule has 32 heavy (non-hydrogen) atoms. The van der Waals surface area contributed by atoms with Gasteiger partial charge in [-0.3, -0.25) is 0 Å². The molecule has 0 amide bonds. The Labute approximate surface area is 189 Å². The minimum atomic E-state index is -1.53. The molecule has 1 aliphatic rings. The highest BCUT2D eigenvalue weighted by Gasteiger charge is 2.52. The van der Waals surface area contributed by atoms with Gasteiger partial charge in [0.2, 0.25) is 0 Å². The summed E-state index contributed by atoms with van der Waals surface area (Å²) in [6, 6.07) is 16.4. The highest BCUT2D eigenvalue weighted by molar-refractivity contribution is 7.99. The summed E-state index contributed by atoms with van der Waals surface area (Å²) >= 11 is 1.24. The molecule has 0 unspecified atom stereocenters. The lowest BCUT2D eigenvalue weighted by molar-refractivity contribution is -0.211. The topological polar surface area (TPSA) is 108 Å². The molecule has 2 aromatic rings. The third-order valence-corrected chi connectivity index (χ3v) is 5.83. The van der Waals surface area contributed by atoms with Crippen LogP contribution in [0.4, 0.5) is 0 Å². The van der Waals surface area contributed by atoms with E-state index < -0.39 is 47.8 Å². The lowest BCUT2D eigenvalue weighted by atomic mass is 9.99. The van der Waals surface area contributed by atoms with Crippen LogP contribution in [0.1, 0.15) is 27.6 Å². The standard InChI is InChI=1S/C23H24O8S/c1-3-32-23-18(30-21(26)15-12-8-5-9-13-15)16(24)17(19(31-23)22(27)28-2)29-20(25)14-10-6-4-7-11-14/h4-13,16-19,23-24H,3H2,1-2H3/t16-,17-,18+,19-,23-/m0/s1. The van der Waals surface area contributed by atoms with Crippen LogP contribution in [0.3, 0.4) is 0 Å². The number of carbonyl (C=O) groups is 3. The van der Waals surface area contributed by atoms with Gasteiger partial charge in [-0.1, -0.05) is 43.3 Å². The Kier molecular flexibility index (Phi) is 8.26. The number of methoxy groups -OCH3 is 1. The third kappa shape index (κ3) is 5.48. The van der Waals surface area contributed by atoms with E-state index in [2.05, 4.69) is 0 Å². The molecule has 2 aromatic carbocycles. The van der Waals surface area contributed by atoms with Crippen LogP contribution >= 0.6 is 11.8 Å². The fraction of sp³-hybridized carbons (Fsp3) is 0.348. The quantitative estimate of drug-likeness (QED) is 0.492. The van der Waals surface area contributed by atoms with E-state index in [0.29, 0.717) is 5.75 Å². The van der Waals surface area contributed by atoms with Gasteiger partial charge in [0.05, 0.1) is 18.2 Å². The molecule has 3 rings (SSSR count). The molecule has 1 aliphatic heterocycles. The summed E-state index contributed by atoms with van der Waals surface area (Å²) < 4.78 is 21.6. The minimum absolute atomic E-state index is 0.228. The van der Waals surface area contributed by atoms with Crippen molar-refractivity contribution in [2.75, 3.05) is 12.9 Å². The van der Waals surface area contributed by atoms with E-state index in [-0.39, 0.29) is 11.1 Å². The Morgan fingerprint density at radius 3 is 1.88 bits per heavy atom. The average molecular weight is 461 g/mol. The molecule has 5 atom stereocenters. The molecule has 1 fully saturated rings. The van der Waals surface area contributed by atoms with Gasteiger partial charge < -0.3 is 24.1 Å². The highest BCUT2D eigenvalue weighted by atomic mass is 32.2. The predicted molar refractivity (Wildman–Crippen MR) is 116 cm³/mol. The molecule has 0 spiro atoms. The number of benzene rings is 2. The van der Waals surface area contributed by atoms with Gasteiger partial charge in [-0.2, -0.15) is 0 Å². The van der Waals surface area contributed by atoms with Crippen molar-refractivity contribution >= 4 is 29.7 Å². The maximum absolute atomic E-state index is 12.6. The van der Waals surface area contributed by atoms with Crippen molar-refractivity contribution in [3.63, 3.8) is 0 Å². The van der Waals surface area contributed by atoms with E-state index in [1.807, 2.05) is 6.92 Å². The van der Waals surface area contributed by atoms with Crippen molar-refractivity contribution in [2.45, 2.75) is 36.8 Å². The second kappa shape index (κ2) is 11.1. The van der Waals surface area contributed by atoms with Crippen LogP contribution in [0.2, 0.25) is 0 Å². The average Bonchev–Trinajstić information content (AvgIpc) is 2.83. The summed E-state index contributed by atoms with van der Waals surface area (Å²) in [5, 5.41) is 11.1. The Morgan fingerprint density at radius 1 is 0.906 bits per heavy atom. The summed E-state index contributed by atoms with van der Waals surface area (Å²) in [4.78, 5) is 37.6. The second-order valence-electron chi connectivity index (χ2n) is 6.87. The zero-order valence-electron chi connectivity index (χ0n) is 17.6. The number of hydrogen-bond donors (Lipinski definition) is 1. The molecule has 1 heterocycles.